The predicted molar refractivity (Wildman–Crippen MR) is 83.2 cm³/mol. The number of aromatic carboxylic acids is 1. The molecule has 0 atom stereocenters. The average molecular weight is 286 g/mol. The molecule has 2 aromatic rings. The molecule has 0 unspecified atom stereocenters. The molecule has 0 radical (unpaired) electrons. The van der Waals surface area contributed by atoms with Crippen molar-refractivity contribution in [3.63, 3.8) is 0 Å². The number of nitrogens with zero attached hydrogens (tertiary/aromatic N) is 2. The maximum absolute atomic E-state index is 11.4. The Morgan fingerprint density at radius 1 is 1.33 bits per heavy atom. The van der Waals surface area contributed by atoms with E-state index in [1.54, 1.807) is 4.68 Å². The molecule has 112 valence electrons. The fourth-order valence-corrected chi connectivity index (χ4v) is 2.51. The highest BCUT2D eigenvalue weighted by Gasteiger charge is 2.19. The van der Waals surface area contributed by atoms with Gasteiger partial charge in [-0.15, -0.1) is 0 Å². The minimum Gasteiger partial charge on any atom is -0.478 e. The van der Waals surface area contributed by atoms with Crippen molar-refractivity contribution in [1.29, 1.82) is 0 Å². The first-order valence-electron chi connectivity index (χ1n) is 7.45. The Labute approximate surface area is 125 Å². The van der Waals surface area contributed by atoms with Gasteiger partial charge in [0.2, 0.25) is 0 Å². The topological polar surface area (TPSA) is 55.1 Å². The average Bonchev–Trinajstić information content (AvgIpc) is 2.88. The molecule has 1 N–H and O–H groups in total. The molecule has 0 amide bonds. The van der Waals surface area contributed by atoms with Crippen molar-refractivity contribution in [2.24, 2.45) is 0 Å². The van der Waals surface area contributed by atoms with Crippen LogP contribution in [-0.2, 0) is 6.42 Å². The molecule has 4 nitrogen and oxygen atoms in total. The van der Waals surface area contributed by atoms with Crippen LogP contribution in [0.2, 0.25) is 0 Å². The van der Waals surface area contributed by atoms with Crippen LogP contribution in [0.25, 0.3) is 5.69 Å². The maximum atomic E-state index is 11.4. The highest BCUT2D eigenvalue weighted by atomic mass is 16.4. The smallest absolute Gasteiger partial charge is 0.339 e. The van der Waals surface area contributed by atoms with Gasteiger partial charge in [-0.2, -0.15) is 5.10 Å². The molecule has 21 heavy (non-hydrogen) atoms. The van der Waals surface area contributed by atoms with Crippen LogP contribution >= 0.6 is 0 Å². The van der Waals surface area contributed by atoms with E-state index in [0.29, 0.717) is 11.5 Å². The van der Waals surface area contributed by atoms with Crippen LogP contribution in [0.3, 0.4) is 0 Å². The minimum atomic E-state index is -0.908. The van der Waals surface area contributed by atoms with Crippen molar-refractivity contribution in [1.82, 2.24) is 9.78 Å². The van der Waals surface area contributed by atoms with Crippen molar-refractivity contribution in [2.45, 2.75) is 46.0 Å². The van der Waals surface area contributed by atoms with Gasteiger partial charge in [0.05, 0.1) is 17.6 Å². The number of benzene rings is 1. The zero-order valence-electron chi connectivity index (χ0n) is 12.8. The number of unbranched alkanes of at least 4 members (excludes halogenated alkanes) is 1. The van der Waals surface area contributed by atoms with E-state index < -0.39 is 5.97 Å². The summed E-state index contributed by atoms with van der Waals surface area (Å²) in [6.07, 6.45) is 4.17. The van der Waals surface area contributed by atoms with Crippen molar-refractivity contribution < 1.29 is 9.90 Å². The zero-order valence-corrected chi connectivity index (χ0v) is 12.8. The van der Waals surface area contributed by atoms with Gasteiger partial charge in [-0.1, -0.05) is 45.4 Å². The van der Waals surface area contributed by atoms with E-state index in [0.717, 1.165) is 30.6 Å². The largest absolute Gasteiger partial charge is 0.478 e. The lowest BCUT2D eigenvalue weighted by molar-refractivity contribution is 0.0695. The van der Waals surface area contributed by atoms with Gasteiger partial charge in [0, 0.05) is 0 Å². The summed E-state index contributed by atoms with van der Waals surface area (Å²) in [4.78, 5) is 11.4. The summed E-state index contributed by atoms with van der Waals surface area (Å²) in [7, 11) is 0. The molecule has 2 rings (SSSR count). The number of hydrogen-bond donors (Lipinski definition) is 1. The van der Waals surface area contributed by atoms with Crippen molar-refractivity contribution in [3.05, 3.63) is 47.3 Å². The molecule has 0 saturated heterocycles. The standard InChI is InChI=1S/C17H22N2O2/c1-4-5-9-16-14(17(20)21)11-18-19(16)15-10-7-6-8-13(15)12(2)3/h6-8,10-12H,4-5,9H2,1-3H3,(H,20,21). The highest BCUT2D eigenvalue weighted by molar-refractivity contribution is 5.88. The molecule has 0 bridgehead atoms. The van der Waals surface area contributed by atoms with E-state index >= 15 is 0 Å². The van der Waals surface area contributed by atoms with Gasteiger partial charge < -0.3 is 5.11 Å². The Morgan fingerprint density at radius 3 is 2.67 bits per heavy atom. The first-order chi connectivity index (χ1) is 10.1. The Morgan fingerprint density at radius 2 is 2.05 bits per heavy atom. The van der Waals surface area contributed by atoms with Crippen LogP contribution in [0.4, 0.5) is 0 Å². The van der Waals surface area contributed by atoms with Crippen LogP contribution < -0.4 is 0 Å². The molecule has 1 heterocycles. The van der Waals surface area contributed by atoms with Crippen molar-refractivity contribution in [3.8, 4) is 5.69 Å². The second kappa shape index (κ2) is 6.57. The quantitative estimate of drug-likeness (QED) is 0.872. The second-order valence-corrected chi connectivity index (χ2v) is 5.54. The van der Waals surface area contributed by atoms with Crippen LogP contribution in [0, 0.1) is 0 Å². The number of carboxylic acids is 1. The van der Waals surface area contributed by atoms with Crippen molar-refractivity contribution >= 4 is 5.97 Å². The summed E-state index contributed by atoms with van der Waals surface area (Å²) in [5.74, 6) is -0.549. The van der Waals surface area contributed by atoms with Gasteiger partial charge >= 0.3 is 5.97 Å². The number of carbonyl (C=O) groups is 1. The van der Waals surface area contributed by atoms with E-state index in [2.05, 4.69) is 31.9 Å². The number of para-hydroxylation sites is 1. The molecule has 0 aliphatic rings. The van der Waals surface area contributed by atoms with Crippen LogP contribution in [0.1, 0.15) is 61.1 Å². The molecule has 1 aromatic carbocycles. The Kier molecular flexibility index (Phi) is 4.78. The fourth-order valence-electron chi connectivity index (χ4n) is 2.51. The van der Waals surface area contributed by atoms with E-state index in [4.69, 9.17) is 0 Å². The third-order valence-corrected chi connectivity index (χ3v) is 3.65. The van der Waals surface area contributed by atoms with Crippen LogP contribution in [-0.4, -0.2) is 20.9 Å². The molecule has 1 aromatic heterocycles. The minimum absolute atomic E-state index is 0.307. The SMILES string of the molecule is CCCCc1c(C(=O)O)cnn1-c1ccccc1C(C)C. The van der Waals surface area contributed by atoms with Crippen LogP contribution in [0.5, 0.6) is 0 Å². The summed E-state index contributed by atoms with van der Waals surface area (Å²) < 4.78 is 1.80. The number of aromatic nitrogens is 2. The van der Waals surface area contributed by atoms with Gasteiger partial charge in [0.25, 0.3) is 0 Å². The van der Waals surface area contributed by atoms with Crippen LogP contribution in [0.15, 0.2) is 30.5 Å². The monoisotopic (exact) mass is 286 g/mol. The third kappa shape index (κ3) is 3.15. The molecule has 0 aliphatic heterocycles. The lowest BCUT2D eigenvalue weighted by atomic mass is 10.0. The molecule has 4 heteroatoms. The lowest BCUT2D eigenvalue weighted by Gasteiger charge is -2.15. The number of rotatable bonds is 6. The molecular weight excluding hydrogens is 264 g/mol. The Bertz CT molecular complexity index is 629. The van der Waals surface area contributed by atoms with E-state index in [-0.39, 0.29) is 0 Å². The third-order valence-electron chi connectivity index (χ3n) is 3.65. The van der Waals surface area contributed by atoms with Crippen molar-refractivity contribution in [2.75, 3.05) is 0 Å². The maximum Gasteiger partial charge on any atom is 0.339 e. The molecule has 0 aliphatic carbocycles. The number of carboxylic acid groups (broad SMARTS) is 1. The van der Waals surface area contributed by atoms with E-state index in [1.165, 1.54) is 11.8 Å². The highest BCUT2D eigenvalue weighted by Crippen LogP contribution is 2.25. The van der Waals surface area contributed by atoms with Gasteiger partial charge in [-0.05, 0) is 30.4 Å². The van der Waals surface area contributed by atoms with Gasteiger partial charge in [0.15, 0.2) is 0 Å². The first-order valence-corrected chi connectivity index (χ1v) is 7.45. The Balaban J connectivity index is 2.56. The zero-order chi connectivity index (χ0) is 15.4. The summed E-state index contributed by atoms with van der Waals surface area (Å²) in [6.45, 7) is 6.36. The summed E-state index contributed by atoms with van der Waals surface area (Å²) >= 11 is 0. The molecule has 0 fully saturated rings. The summed E-state index contributed by atoms with van der Waals surface area (Å²) in [5.41, 5.74) is 3.25. The predicted octanol–water partition coefficient (Wildman–Crippen LogP) is 4.04. The second-order valence-electron chi connectivity index (χ2n) is 5.54. The van der Waals surface area contributed by atoms with Gasteiger partial charge in [0.1, 0.15) is 5.56 Å². The lowest BCUT2D eigenvalue weighted by Crippen LogP contribution is -2.09. The van der Waals surface area contributed by atoms with Gasteiger partial charge in [-0.3, -0.25) is 0 Å². The Hall–Kier alpha value is -2.10. The van der Waals surface area contributed by atoms with Gasteiger partial charge in [-0.25, -0.2) is 9.48 Å². The summed E-state index contributed by atoms with van der Waals surface area (Å²) in [5, 5.41) is 13.7. The summed E-state index contributed by atoms with van der Waals surface area (Å²) in [6, 6.07) is 8.05. The first kappa shape index (κ1) is 15.3. The molecule has 0 spiro atoms. The fraction of sp³-hybridized carbons (Fsp3) is 0.412. The normalized spacial score (nSPS) is 11.0. The van der Waals surface area contributed by atoms with E-state index in [1.807, 2.05) is 18.2 Å². The molecular formula is C17H22N2O2. The van der Waals surface area contributed by atoms with E-state index in [9.17, 15) is 9.90 Å². The molecule has 0 saturated carbocycles. The number of hydrogen-bond acceptors (Lipinski definition) is 2.